The van der Waals surface area contributed by atoms with Crippen LogP contribution in [0.15, 0.2) is 89.8 Å². The van der Waals surface area contributed by atoms with Gasteiger partial charge in [-0.2, -0.15) is 0 Å². The number of rotatable bonds is 8. The fourth-order valence-corrected chi connectivity index (χ4v) is 4.95. The zero-order chi connectivity index (χ0) is 22.3. The predicted octanol–water partition coefficient (Wildman–Crippen LogP) is 5.36. The summed E-state index contributed by atoms with van der Waals surface area (Å²) in [6, 6.07) is 28.3. The number of benzene rings is 3. The highest BCUT2D eigenvalue weighted by Gasteiger charge is 2.45. The van der Waals surface area contributed by atoms with Crippen LogP contribution in [0.2, 0.25) is 0 Å². The molecule has 1 aliphatic rings. The fraction of sp³-hybridized carbons (Fsp3) is 0.333. The lowest BCUT2D eigenvalue weighted by Crippen LogP contribution is -2.57. The molecule has 5 atom stereocenters. The van der Waals surface area contributed by atoms with Gasteiger partial charge in [0, 0.05) is 4.90 Å². The van der Waals surface area contributed by atoms with E-state index in [1.54, 1.807) is 11.8 Å². The van der Waals surface area contributed by atoms with Crippen LogP contribution in [0.25, 0.3) is 0 Å². The van der Waals surface area contributed by atoms with Crippen molar-refractivity contribution in [1.29, 1.82) is 0 Å². The van der Waals surface area contributed by atoms with Crippen molar-refractivity contribution in [2.24, 2.45) is 0 Å². The molecule has 0 radical (unpaired) electrons. The van der Waals surface area contributed by atoms with Crippen molar-refractivity contribution in [3.05, 3.63) is 102 Å². The molecule has 3 aromatic carbocycles. The molecule has 1 fully saturated rings. The van der Waals surface area contributed by atoms with Crippen LogP contribution in [0, 0.1) is 6.92 Å². The van der Waals surface area contributed by atoms with Crippen LogP contribution in [0.3, 0.4) is 0 Å². The number of aliphatic hydroxyl groups is 1. The summed E-state index contributed by atoms with van der Waals surface area (Å²) in [7, 11) is 0. The maximum Gasteiger partial charge on any atom is 0.136 e. The van der Waals surface area contributed by atoms with E-state index >= 15 is 0 Å². The van der Waals surface area contributed by atoms with Gasteiger partial charge in [-0.15, -0.1) is 0 Å². The lowest BCUT2D eigenvalue weighted by molar-refractivity contribution is -0.226. The summed E-state index contributed by atoms with van der Waals surface area (Å²) in [5.74, 6) is 0. The first-order valence-electron chi connectivity index (χ1n) is 11.0. The quantitative estimate of drug-likeness (QED) is 0.500. The second-order valence-corrected chi connectivity index (χ2v) is 9.33. The number of aryl methyl sites for hydroxylation is 1. The van der Waals surface area contributed by atoms with E-state index in [-0.39, 0.29) is 11.5 Å². The molecule has 0 amide bonds. The monoisotopic (exact) mass is 450 g/mol. The largest absolute Gasteiger partial charge is 0.387 e. The number of hydrogen-bond acceptors (Lipinski definition) is 5. The molecule has 0 aromatic heterocycles. The van der Waals surface area contributed by atoms with Crippen LogP contribution >= 0.6 is 11.8 Å². The van der Waals surface area contributed by atoms with Crippen LogP contribution in [0.5, 0.6) is 0 Å². The van der Waals surface area contributed by atoms with Crippen LogP contribution < -0.4 is 0 Å². The predicted molar refractivity (Wildman–Crippen MR) is 127 cm³/mol. The molecule has 32 heavy (non-hydrogen) atoms. The summed E-state index contributed by atoms with van der Waals surface area (Å²) in [5, 5.41) is 11.3. The average molecular weight is 451 g/mol. The molecule has 1 heterocycles. The first-order chi connectivity index (χ1) is 15.6. The molecule has 5 heteroatoms. The summed E-state index contributed by atoms with van der Waals surface area (Å²) in [6.07, 6.45) is -2.09. The van der Waals surface area contributed by atoms with Gasteiger partial charge < -0.3 is 19.3 Å². The molecule has 168 valence electrons. The SMILES string of the molecule is Cc1ccc(S[C@@H]2O[C@@H](C)[C@H](OCc3ccccc3)[C@@H](O)[C@H]2OCc2ccccc2)cc1. The first kappa shape index (κ1) is 23.0. The topological polar surface area (TPSA) is 47.9 Å². The first-order valence-corrected chi connectivity index (χ1v) is 11.9. The Kier molecular flexibility index (Phi) is 8.00. The van der Waals surface area contributed by atoms with Crippen molar-refractivity contribution in [2.45, 2.75) is 61.8 Å². The van der Waals surface area contributed by atoms with Gasteiger partial charge >= 0.3 is 0 Å². The molecule has 0 aliphatic carbocycles. The summed E-state index contributed by atoms with van der Waals surface area (Å²) in [4.78, 5) is 1.08. The van der Waals surface area contributed by atoms with Gasteiger partial charge in [0.1, 0.15) is 23.7 Å². The Hall–Kier alpha value is -2.15. The molecule has 0 saturated carbocycles. The van der Waals surface area contributed by atoms with Gasteiger partial charge in [0.05, 0.1) is 19.3 Å². The highest BCUT2D eigenvalue weighted by Crippen LogP contribution is 2.36. The smallest absolute Gasteiger partial charge is 0.136 e. The van der Waals surface area contributed by atoms with Gasteiger partial charge in [-0.3, -0.25) is 0 Å². The summed E-state index contributed by atoms with van der Waals surface area (Å²) >= 11 is 1.58. The lowest BCUT2D eigenvalue weighted by Gasteiger charge is -2.43. The average Bonchev–Trinajstić information content (AvgIpc) is 2.81. The number of aliphatic hydroxyl groups excluding tert-OH is 1. The maximum atomic E-state index is 11.3. The molecular formula is C27H30O4S. The highest BCUT2D eigenvalue weighted by molar-refractivity contribution is 7.99. The van der Waals surface area contributed by atoms with E-state index in [1.807, 2.05) is 67.6 Å². The molecular weight excluding hydrogens is 420 g/mol. The van der Waals surface area contributed by atoms with Crippen molar-refractivity contribution >= 4 is 11.8 Å². The molecule has 0 bridgehead atoms. The van der Waals surface area contributed by atoms with Gasteiger partial charge in [0.25, 0.3) is 0 Å². The summed E-state index contributed by atoms with van der Waals surface area (Å²) < 4.78 is 18.7. The Balaban J connectivity index is 1.49. The van der Waals surface area contributed by atoms with E-state index in [0.29, 0.717) is 13.2 Å². The summed E-state index contributed by atoms with van der Waals surface area (Å²) in [6.45, 7) is 4.83. The van der Waals surface area contributed by atoms with Crippen molar-refractivity contribution in [2.75, 3.05) is 0 Å². The van der Waals surface area contributed by atoms with Gasteiger partial charge in [-0.05, 0) is 37.1 Å². The van der Waals surface area contributed by atoms with Crippen LogP contribution in [-0.2, 0) is 27.4 Å². The third-order valence-corrected chi connectivity index (χ3v) is 6.75. The number of thioether (sulfide) groups is 1. The molecule has 4 nitrogen and oxygen atoms in total. The van der Waals surface area contributed by atoms with Crippen molar-refractivity contribution in [3.63, 3.8) is 0 Å². The van der Waals surface area contributed by atoms with Gasteiger partial charge in [-0.1, -0.05) is 90.1 Å². The van der Waals surface area contributed by atoms with Crippen LogP contribution in [0.1, 0.15) is 23.6 Å². The molecule has 1 N–H and O–H groups in total. The minimum Gasteiger partial charge on any atom is -0.387 e. The highest BCUT2D eigenvalue weighted by atomic mass is 32.2. The maximum absolute atomic E-state index is 11.3. The van der Waals surface area contributed by atoms with E-state index in [0.717, 1.165) is 16.0 Å². The van der Waals surface area contributed by atoms with Gasteiger partial charge in [0.2, 0.25) is 0 Å². The normalized spacial score (nSPS) is 25.5. The third kappa shape index (κ3) is 6.00. The number of ether oxygens (including phenoxy) is 3. The lowest BCUT2D eigenvalue weighted by atomic mass is 10.00. The van der Waals surface area contributed by atoms with Crippen molar-refractivity contribution in [3.8, 4) is 0 Å². The molecule has 1 aliphatic heterocycles. The fourth-order valence-electron chi connectivity index (χ4n) is 3.78. The zero-order valence-corrected chi connectivity index (χ0v) is 19.3. The Morgan fingerprint density at radius 1 is 0.781 bits per heavy atom. The van der Waals surface area contributed by atoms with Crippen molar-refractivity contribution in [1.82, 2.24) is 0 Å². The van der Waals surface area contributed by atoms with Gasteiger partial charge in [0.15, 0.2) is 0 Å². The van der Waals surface area contributed by atoms with E-state index in [1.165, 1.54) is 5.56 Å². The Bertz CT molecular complexity index is 948. The van der Waals surface area contributed by atoms with E-state index in [9.17, 15) is 5.11 Å². The van der Waals surface area contributed by atoms with Crippen LogP contribution in [0.4, 0.5) is 0 Å². The molecule has 4 rings (SSSR count). The summed E-state index contributed by atoms with van der Waals surface area (Å²) in [5.41, 5.74) is 2.98. The minimum absolute atomic E-state index is 0.270. The second kappa shape index (κ2) is 11.1. The van der Waals surface area contributed by atoms with E-state index in [4.69, 9.17) is 14.2 Å². The Labute approximate surface area is 194 Å². The molecule has 1 saturated heterocycles. The molecule has 0 spiro atoms. The van der Waals surface area contributed by atoms with E-state index < -0.39 is 18.3 Å². The standard InChI is InChI=1S/C27H30O4S/c1-19-13-15-23(16-14-19)32-27-26(30-18-22-11-7-4-8-12-22)24(28)25(20(2)31-27)29-17-21-9-5-3-6-10-21/h3-16,20,24-28H,17-18H2,1-2H3/t20-,24+,25-,26+,27-/m0/s1. The number of hydrogen-bond donors (Lipinski definition) is 1. The third-order valence-electron chi connectivity index (χ3n) is 5.60. The zero-order valence-electron chi connectivity index (χ0n) is 18.5. The molecule has 3 aromatic rings. The van der Waals surface area contributed by atoms with Crippen LogP contribution in [-0.4, -0.2) is 35.0 Å². The van der Waals surface area contributed by atoms with Crippen molar-refractivity contribution < 1.29 is 19.3 Å². The van der Waals surface area contributed by atoms with Gasteiger partial charge in [-0.25, -0.2) is 0 Å². The minimum atomic E-state index is -0.811. The molecule has 0 unspecified atom stereocenters. The second-order valence-electron chi connectivity index (χ2n) is 8.15. The van der Waals surface area contributed by atoms with E-state index in [2.05, 4.69) is 31.2 Å². The Morgan fingerprint density at radius 2 is 1.31 bits per heavy atom. The Morgan fingerprint density at radius 3 is 1.88 bits per heavy atom.